The first-order valence-electron chi connectivity index (χ1n) is 10.3. The standard InChI is InChI=1S/C21H27N5O/c1-3-26-19-8-10-24(14(2)27)13-17(19)21(23-26)25-9-4-5-16-11-18(15-6-7-15)22-12-20(16)25/h11-12,15H,3-10,13H2,1-2H3. The molecule has 1 saturated carbocycles. The van der Waals surface area contributed by atoms with E-state index in [0.717, 1.165) is 44.7 Å². The van der Waals surface area contributed by atoms with Gasteiger partial charge < -0.3 is 9.80 Å². The van der Waals surface area contributed by atoms with Crippen molar-refractivity contribution < 1.29 is 4.79 Å². The SMILES string of the molecule is CCn1nc(N2CCCc3cc(C4CC4)ncc32)c2c1CCN(C(C)=O)C2. The van der Waals surface area contributed by atoms with Crippen LogP contribution in [0.2, 0.25) is 0 Å². The number of amides is 1. The van der Waals surface area contributed by atoms with Gasteiger partial charge in [-0.15, -0.1) is 0 Å². The summed E-state index contributed by atoms with van der Waals surface area (Å²) in [6, 6.07) is 2.32. The molecule has 142 valence electrons. The summed E-state index contributed by atoms with van der Waals surface area (Å²) in [4.78, 5) is 21.0. The molecule has 5 rings (SSSR count). The highest BCUT2D eigenvalue weighted by atomic mass is 16.2. The number of nitrogens with zero attached hydrogens (tertiary/aromatic N) is 5. The van der Waals surface area contributed by atoms with Crippen LogP contribution in [0.25, 0.3) is 0 Å². The van der Waals surface area contributed by atoms with Crippen molar-refractivity contribution in [3.05, 3.63) is 34.8 Å². The van der Waals surface area contributed by atoms with Crippen molar-refractivity contribution in [2.45, 2.75) is 65.0 Å². The molecule has 6 nitrogen and oxygen atoms in total. The molecule has 2 aromatic rings. The number of anilines is 2. The van der Waals surface area contributed by atoms with Crippen molar-refractivity contribution in [1.82, 2.24) is 19.7 Å². The molecule has 0 unspecified atom stereocenters. The summed E-state index contributed by atoms with van der Waals surface area (Å²) in [6.07, 6.45) is 7.76. The number of aromatic nitrogens is 3. The van der Waals surface area contributed by atoms with Crippen LogP contribution in [0, 0.1) is 0 Å². The van der Waals surface area contributed by atoms with Gasteiger partial charge in [0, 0.05) is 55.8 Å². The van der Waals surface area contributed by atoms with E-state index in [1.54, 1.807) is 6.92 Å². The second kappa shape index (κ2) is 6.36. The second-order valence-electron chi connectivity index (χ2n) is 8.02. The molecule has 1 fully saturated rings. The van der Waals surface area contributed by atoms with Gasteiger partial charge in [0.25, 0.3) is 0 Å². The van der Waals surface area contributed by atoms with Crippen LogP contribution >= 0.6 is 0 Å². The Morgan fingerprint density at radius 3 is 2.85 bits per heavy atom. The summed E-state index contributed by atoms with van der Waals surface area (Å²) in [5.41, 5.74) is 6.38. The molecule has 2 aromatic heterocycles. The first-order valence-corrected chi connectivity index (χ1v) is 10.3. The lowest BCUT2D eigenvalue weighted by molar-refractivity contribution is -0.129. The summed E-state index contributed by atoms with van der Waals surface area (Å²) < 4.78 is 2.13. The fraction of sp³-hybridized carbons (Fsp3) is 0.571. The minimum atomic E-state index is 0.144. The normalized spacial score (nSPS) is 19.0. The second-order valence-corrected chi connectivity index (χ2v) is 8.02. The highest BCUT2D eigenvalue weighted by Crippen LogP contribution is 2.42. The lowest BCUT2D eigenvalue weighted by atomic mass is 10.00. The summed E-state index contributed by atoms with van der Waals surface area (Å²) in [5.74, 6) is 1.85. The number of rotatable bonds is 3. The Labute approximate surface area is 160 Å². The van der Waals surface area contributed by atoms with Crippen molar-refractivity contribution >= 4 is 17.4 Å². The van der Waals surface area contributed by atoms with Crippen LogP contribution in [0.5, 0.6) is 0 Å². The molecule has 1 amide bonds. The van der Waals surface area contributed by atoms with Gasteiger partial charge in [-0.2, -0.15) is 5.10 Å². The summed E-state index contributed by atoms with van der Waals surface area (Å²) in [6.45, 7) is 7.08. The zero-order chi connectivity index (χ0) is 18.5. The average Bonchev–Trinajstić information content (AvgIpc) is 3.48. The predicted octanol–water partition coefficient (Wildman–Crippen LogP) is 3.16. The van der Waals surface area contributed by atoms with E-state index in [0.29, 0.717) is 12.5 Å². The van der Waals surface area contributed by atoms with Crippen LogP contribution in [0.1, 0.15) is 61.5 Å². The Morgan fingerprint density at radius 1 is 1.26 bits per heavy atom. The molecular weight excluding hydrogens is 338 g/mol. The topological polar surface area (TPSA) is 54.3 Å². The quantitative estimate of drug-likeness (QED) is 0.838. The molecule has 2 aliphatic heterocycles. The lowest BCUT2D eigenvalue weighted by Crippen LogP contribution is -2.35. The molecule has 0 atom stereocenters. The minimum absolute atomic E-state index is 0.144. The molecule has 0 N–H and O–H groups in total. The summed E-state index contributed by atoms with van der Waals surface area (Å²) >= 11 is 0. The molecular formula is C21H27N5O. The van der Waals surface area contributed by atoms with Crippen LogP contribution in [-0.4, -0.2) is 38.7 Å². The smallest absolute Gasteiger partial charge is 0.219 e. The highest BCUT2D eigenvalue weighted by Gasteiger charge is 2.32. The average molecular weight is 365 g/mol. The zero-order valence-corrected chi connectivity index (χ0v) is 16.2. The number of pyridine rings is 1. The minimum Gasteiger partial charge on any atom is -0.338 e. The number of hydrogen-bond acceptors (Lipinski definition) is 4. The Hall–Kier alpha value is -2.37. The van der Waals surface area contributed by atoms with E-state index < -0.39 is 0 Å². The van der Waals surface area contributed by atoms with E-state index in [4.69, 9.17) is 10.1 Å². The Balaban J connectivity index is 1.56. The van der Waals surface area contributed by atoms with E-state index in [9.17, 15) is 4.79 Å². The van der Waals surface area contributed by atoms with E-state index in [1.807, 2.05) is 4.90 Å². The van der Waals surface area contributed by atoms with Crippen LogP contribution in [0.15, 0.2) is 12.3 Å². The molecule has 1 aliphatic carbocycles. The van der Waals surface area contributed by atoms with Gasteiger partial charge in [0.15, 0.2) is 5.82 Å². The molecule has 0 bridgehead atoms. The maximum Gasteiger partial charge on any atom is 0.219 e. The lowest BCUT2D eigenvalue weighted by Gasteiger charge is -2.32. The number of hydrogen-bond donors (Lipinski definition) is 0. The van der Waals surface area contributed by atoms with Crippen molar-refractivity contribution in [2.24, 2.45) is 0 Å². The van der Waals surface area contributed by atoms with Crippen molar-refractivity contribution in [1.29, 1.82) is 0 Å². The van der Waals surface area contributed by atoms with E-state index in [2.05, 4.69) is 28.8 Å². The van der Waals surface area contributed by atoms with Gasteiger partial charge in [0.2, 0.25) is 5.91 Å². The van der Waals surface area contributed by atoms with Crippen molar-refractivity contribution in [3.63, 3.8) is 0 Å². The molecule has 0 radical (unpaired) electrons. The Morgan fingerprint density at radius 2 is 2.11 bits per heavy atom. The number of aryl methyl sites for hydroxylation is 2. The van der Waals surface area contributed by atoms with Crippen molar-refractivity contribution in [2.75, 3.05) is 18.0 Å². The van der Waals surface area contributed by atoms with Gasteiger partial charge in [0.1, 0.15) is 0 Å². The van der Waals surface area contributed by atoms with Crippen LogP contribution in [-0.2, 0) is 30.7 Å². The van der Waals surface area contributed by atoms with E-state index in [-0.39, 0.29) is 5.91 Å². The Kier molecular flexibility index (Phi) is 3.95. The van der Waals surface area contributed by atoms with Crippen LogP contribution in [0.3, 0.4) is 0 Å². The van der Waals surface area contributed by atoms with Crippen LogP contribution < -0.4 is 4.90 Å². The van der Waals surface area contributed by atoms with Gasteiger partial charge in [-0.25, -0.2) is 0 Å². The maximum absolute atomic E-state index is 12.0. The van der Waals surface area contributed by atoms with Gasteiger partial charge in [0.05, 0.1) is 18.4 Å². The third-order valence-corrected chi connectivity index (χ3v) is 6.21. The number of carbonyl (C=O) groups is 1. The highest BCUT2D eigenvalue weighted by molar-refractivity contribution is 5.75. The first-order chi connectivity index (χ1) is 13.2. The fourth-order valence-corrected chi connectivity index (χ4v) is 4.54. The molecule has 0 spiro atoms. The van der Waals surface area contributed by atoms with Gasteiger partial charge in [-0.3, -0.25) is 14.5 Å². The monoisotopic (exact) mass is 365 g/mol. The van der Waals surface area contributed by atoms with Crippen molar-refractivity contribution in [3.8, 4) is 0 Å². The predicted molar refractivity (Wildman–Crippen MR) is 104 cm³/mol. The summed E-state index contributed by atoms with van der Waals surface area (Å²) in [5, 5.41) is 4.97. The molecule has 0 saturated heterocycles. The largest absolute Gasteiger partial charge is 0.338 e. The van der Waals surface area contributed by atoms with Gasteiger partial charge >= 0.3 is 0 Å². The summed E-state index contributed by atoms with van der Waals surface area (Å²) in [7, 11) is 0. The molecule has 6 heteroatoms. The third-order valence-electron chi connectivity index (χ3n) is 6.21. The van der Waals surface area contributed by atoms with Crippen LogP contribution in [0.4, 0.5) is 11.5 Å². The molecule has 3 aliphatic rings. The molecule has 4 heterocycles. The van der Waals surface area contributed by atoms with Gasteiger partial charge in [-0.1, -0.05) is 0 Å². The zero-order valence-electron chi connectivity index (χ0n) is 16.2. The third kappa shape index (κ3) is 2.82. The first kappa shape index (κ1) is 16.8. The number of carbonyl (C=O) groups excluding carboxylic acids is 1. The van der Waals surface area contributed by atoms with E-state index in [1.165, 1.54) is 41.0 Å². The van der Waals surface area contributed by atoms with Gasteiger partial charge in [-0.05, 0) is 44.2 Å². The molecule has 27 heavy (non-hydrogen) atoms. The fourth-order valence-electron chi connectivity index (χ4n) is 4.54. The Bertz CT molecular complexity index is 898. The number of fused-ring (bicyclic) bond motifs is 2. The molecule has 0 aromatic carbocycles. The maximum atomic E-state index is 12.0. The van der Waals surface area contributed by atoms with E-state index >= 15 is 0 Å².